The molecule has 0 radical (unpaired) electrons. The number of nitrogens with zero attached hydrogens (tertiary/aromatic N) is 3. The van der Waals surface area contributed by atoms with Crippen molar-refractivity contribution < 1.29 is 14.4 Å². The fraction of sp³-hybridized carbons (Fsp3) is 0.679. The third-order valence-electron chi connectivity index (χ3n) is 8.89. The molecule has 2 N–H and O–H groups in total. The molecule has 36 heavy (non-hydrogen) atoms. The SMILES string of the molecule is CCC(C)(C)C1CCC2(CC1)NC(=O)N(CC(=O)NCc1cccc(CN3CCN(C)CC3)c1)C2=O. The summed E-state index contributed by atoms with van der Waals surface area (Å²) in [5, 5.41) is 5.83. The minimum absolute atomic E-state index is 0.231. The number of hydrogen-bond acceptors (Lipinski definition) is 5. The van der Waals surface area contributed by atoms with Crippen molar-refractivity contribution in [1.29, 1.82) is 0 Å². The lowest BCUT2D eigenvalue weighted by atomic mass is 9.65. The topological polar surface area (TPSA) is 85.0 Å². The highest BCUT2D eigenvalue weighted by atomic mass is 16.2. The van der Waals surface area contributed by atoms with Gasteiger partial charge in [-0.05, 0) is 55.2 Å². The lowest BCUT2D eigenvalue weighted by molar-refractivity contribution is -0.136. The average molecular weight is 498 g/mol. The average Bonchev–Trinajstić information content (AvgIpc) is 3.08. The summed E-state index contributed by atoms with van der Waals surface area (Å²) in [5.74, 6) is -0.0207. The van der Waals surface area contributed by atoms with E-state index in [4.69, 9.17) is 0 Å². The predicted molar refractivity (Wildman–Crippen MR) is 140 cm³/mol. The lowest BCUT2D eigenvalue weighted by Crippen LogP contribution is -2.51. The number of urea groups is 1. The molecule has 0 bridgehead atoms. The summed E-state index contributed by atoms with van der Waals surface area (Å²) in [7, 11) is 2.15. The van der Waals surface area contributed by atoms with Gasteiger partial charge in [0.15, 0.2) is 0 Å². The number of nitrogens with one attached hydrogen (secondary N) is 2. The Bertz CT molecular complexity index is 962. The molecule has 2 heterocycles. The Morgan fingerprint density at radius 3 is 2.44 bits per heavy atom. The van der Waals surface area contributed by atoms with Crippen LogP contribution in [0.4, 0.5) is 4.79 Å². The third kappa shape index (κ3) is 5.92. The molecule has 0 unspecified atom stereocenters. The minimum atomic E-state index is -0.838. The smallest absolute Gasteiger partial charge is 0.325 e. The largest absolute Gasteiger partial charge is 0.350 e. The first-order valence-electron chi connectivity index (χ1n) is 13.5. The second-order valence-corrected chi connectivity index (χ2v) is 11.7. The molecule has 4 rings (SSSR count). The molecule has 1 saturated carbocycles. The zero-order valence-electron chi connectivity index (χ0n) is 22.4. The summed E-state index contributed by atoms with van der Waals surface area (Å²) in [5.41, 5.74) is 1.63. The Morgan fingerprint density at radius 2 is 1.78 bits per heavy atom. The standard InChI is InChI=1S/C28H43N5O3/c1-5-27(2,3)23-9-11-28(12-10-23)25(35)33(26(36)30-28)20-24(34)29-18-21-7-6-8-22(17-21)19-32-15-13-31(4)14-16-32/h6-8,17,23H,5,9-16,18-20H2,1-4H3,(H,29,34)(H,30,36). The minimum Gasteiger partial charge on any atom is -0.350 e. The van der Waals surface area contributed by atoms with Crippen molar-refractivity contribution in [2.75, 3.05) is 39.8 Å². The van der Waals surface area contributed by atoms with Gasteiger partial charge in [0.1, 0.15) is 12.1 Å². The highest BCUT2D eigenvalue weighted by Gasteiger charge is 2.53. The van der Waals surface area contributed by atoms with Crippen molar-refractivity contribution in [2.24, 2.45) is 11.3 Å². The first-order valence-corrected chi connectivity index (χ1v) is 13.5. The highest BCUT2D eigenvalue weighted by Crippen LogP contribution is 2.45. The van der Waals surface area contributed by atoms with Gasteiger partial charge in [0.05, 0.1) is 0 Å². The number of piperazine rings is 1. The summed E-state index contributed by atoms with van der Waals surface area (Å²) in [4.78, 5) is 44.5. The van der Waals surface area contributed by atoms with Crippen LogP contribution in [0.25, 0.3) is 0 Å². The summed E-state index contributed by atoms with van der Waals surface area (Å²) < 4.78 is 0. The second-order valence-electron chi connectivity index (χ2n) is 11.7. The van der Waals surface area contributed by atoms with Crippen LogP contribution in [0.3, 0.4) is 0 Å². The maximum Gasteiger partial charge on any atom is 0.325 e. The first-order chi connectivity index (χ1) is 17.1. The Kier molecular flexibility index (Phi) is 8.05. The van der Waals surface area contributed by atoms with Crippen molar-refractivity contribution in [3.63, 3.8) is 0 Å². The van der Waals surface area contributed by atoms with Crippen LogP contribution in [0, 0.1) is 11.3 Å². The molecule has 1 aromatic carbocycles. The van der Waals surface area contributed by atoms with Crippen LogP contribution in [0.1, 0.15) is 64.0 Å². The Labute approximate surface area is 215 Å². The third-order valence-corrected chi connectivity index (χ3v) is 8.89. The molecule has 0 aromatic heterocycles. The van der Waals surface area contributed by atoms with Gasteiger partial charge in [-0.25, -0.2) is 4.79 Å². The van der Waals surface area contributed by atoms with Crippen LogP contribution < -0.4 is 10.6 Å². The zero-order valence-corrected chi connectivity index (χ0v) is 22.4. The number of likely N-dealkylation sites (N-methyl/N-ethyl adjacent to an activating group) is 1. The van der Waals surface area contributed by atoms with E-state index in [1.165, 1.54) is 5.56 Å². The normalized spacial score (nSPS) is 25.9. The van der Waals surface area contributed by atoms with Gasteiger partial charge >= 0.3 is 6.03 Å². The first kappa shape index (κ1) is 26.6. The lowest BCUT2D eigenvalue weighted by Gasteiger charge is -2.42. The molecule has 2 aliphatic heterocycles. The van der Waals surface area contributed by atoms with E-state index in [1.54, 1.807) is 0 Å². The summed E-state index contributed by atoms with van der Waals surface area (Å²) in [6.07, 6.45) is 4.21. The van der Waals surface area contributed by atoms with Gasteiger partial charge in [0, 0.05) is 39.3 Å². The molecule has 3 aliphatic rings. The summed E-state index contributed by atoms with van der Waals surface area (Å²) in [6.45, 7) is 12.1. The second kappa shape index (κ2) is 10.9. The monoisotopic (exact) mass is 497 g/mol. The van der Waals surface area contributed by atoms with E-state index in [9.17, 15) is 14.4 Å². The molecule has 4 amide bonds. The number of benzene rings is 1. The molecule has 1 aromatic rings. The number of imide groups is 1. The van der Waals surface area contributed by atoms with Gasteiger partial charge in [-0.2, -0.15) is 0 Å². The maximum atomic E-state index is 13.2. The van der Waals surface area contributed by atoms with Crippen LogP contribution in [-0.4, -0.2) is 77.9 Å². The van der Waals surface area contributed by atoms with Crippen molar-refractivity contribution >= 4 is 17.8 Å². The molecule has 1 aliphatic carbocycles. The summed E-state index contributed by atoms with van der Waals surface area (Å²) in [6, 6.07) is 7.80. The number of rotatable bonds is 8. The number of carbonyl (C=O) groups excluding carboxylic acids is 3. The van der Waals surface area contributed by atoms with Gasteiger partial charge in [0.2, 0.25) is 5.91 Å². The van der Waals surface area contributed by atoms with Crippen molar-refractivity contribution in [3.05, 3.63) is 35.4 Å². The molecular weight excluding hydrogens is 454 g/mol. The van der Waals surface area contributed by atoms with Crippen LogP contribution >= 0.6 is 0 Å². The van der Waals surface area contributed by atoms with E-state index in [0.29, 0.717) is 25.3 Å². The molecule has 1 spiro atoms. The fourth-order valence-corrected chi connectivity index (χ4v) is 5.84. The van der Waals surface area contributed by atoms with E-state index in [1.807, 2.05) is 12.1 Å². The van der Waals surface area contributed by atoms with Crippen molar-refractivity contribution in [1.82, 2.24) is 25.3 Å². The Morgan fingerprint density at radius 1 is 1.11 bits per heavy atom. The Hall–Kier alpha value is -2.45. The number of amides is 4. The van der Waals surface area contributed by atoms with Gasteiger partial charge in [-0.1, -0.05) is 51.5 Å². The zero-order chi connectivity index (χ0) is 25.9. The van der Waals surface area contributed by atoms with Crippen LogP contribution in [0.15, 0.2) is 24.3 Å². The van der Waals surface area contributed by atoms with E-state index in [2.05, 4.69) is 60.4 Å². The van der Waals surface area contributed by atoms with E-state index < -0.39 is 11.6 Å². The highest BCUT2D eigenvalue weighted by molar-refractivity contribution is 6.09. The fourth-order valence-electron chi connectivity index (χ4n) is 5.84. The quantitative estimate of drug-likeness (QED) is 0.540. The van der Waals surface area contributed by atoms with Crippen LogP contribution in [-0.2, 0) is 22.7 Å². The van der Waals surface area contributed by atoms with Gasteiger partial charge in [-0.15, -0.1) is 0 Å². The van der Waals surface area contributed by atoms with Gasteiger partial charge in [-0.3, -0.25) is 19.4 Å². The molecule has 8 heteroatoms. The van der Waals surface area contributed by atoms with E-state index in [-0.39, 0.29) is 23.8 Å². The number of hydrogen-bond donors (Lipinski definition) is 2. The van der Waals surface area contributed by atoms with Gasteiger partial charge < -0.3 is 15.5 Å². The molecular formula is C28H43N5O3. The van der Waals surface area contributed by atoms with E-state index in [0.717, 1.165) is 62.4 Å². The van der Waals surface area contributed by atoms with Crippen LogP contribution in [0.5, 0.6) is 0 Å². The number of carbonyl (C=O) groups is 3. The predicted octanol–water partition coefficient (Wildman–Crippen LogP) is 2.97. The van der Waals surface area contributed by atoms with E-state index >= 15 is 0 Å². The van der Waals surface area contributed by atoms with Crippen molar-refractivity contribution in [2.45, 2.75) is 71.5 Å². The van der Waals surface area contributed by atoms with Gasteiger partial charge in [0.25, 0.3) is 5.91 Å². The molecule has 8 nitrogen and oxygen atoms in total. The Balaban J connectivity index is 1.27. The molecule has 2 saturated heterocycles. The molecule has 198 valence electrons. The van der Waals surface area contributed by atoms with Crippen molar-refractivity contribution in [3.8, 4) is 0 Å². The summed E-state index contributed by atoms with van der Waals surface area (Å²) >= 11 is 0. The maximum absolute atomic E-state index is 13.2. The molecule has 3 fully saturated rings. The molecule has 0 atom stereocenters. The van der Waals surface area contributed by atoms with Crippen LogP contribution in [0.2, 0.25) is 0 Å².